The zero-order valence-corrected chi connectivity index (χ0v) is 20.5. The van der Waals surface area contributed by atoms with Crippen LogP contribution >= 0.6 is 0 Å². The third-order valence-corrected chi connectivity index (χ3v) is 5.15. The predicted octanol–water partition coefficient (Wildman–Crippen LogP) is 3.23. The molecule has 2 N–H and O–H groups in total. The molecular formula is C25H32N4O5. The number of hydrogen-bond donors (Lipinski definition) is 2. The summed E-state index contributed by atoms with van der Waals surface area (Å²) in [4.78, 5) is 24.8. The molecule has 0 aliphatic rings. The summed E-state index contributed by atoms with van der Waals surface area (Å²) in [6, 6.07) is 10.7. The van der Waals surface area contributed by atoms with Gasteiger partial charge in [-0.3, -0.25) is 20.4 Å². The number of nitriles is 1. The van der Waals surface area contributed by atoms with Gasteiger partial charge in [-0.15, -0.1) is 0 Å². The second-order valence-corrected chi connectivity index (χ2v) is 7.78. The highest BCUT2D eigenvalue weighted by atomic mass is 16.5. The molecule has 0 radical (unpaired) electrons. The summed E-state index contributed by atoms with van der Waals surface area (Å²) < 4.78 is 18.3. The lowest BCUT2D eigenvalue weighted by Crippen LogP contribution is -2.47. The standard InChI is InChI=1S/C25H32N4O5/c1-7-33-22-8-10-23(11-9-22)34-19(5)24(30)27-28-25(31)21(14-26)13-20-12-16(2)29(18(20)4)17(3)15-32-6/h8-13,17,19H,7,15H2,1-6H3,(H,27,30)(H,28,31)/b21-13-. The van der Waals surface area contributed by atoms with Crippen molar-refractivity contribution in [3.05, 3.63) is 52.9 Å². The highest BCUT2D eigenvalue weighted by Crippen LogP contribution is 2.23. The largest absolute Gasteiger partial charge is 0.494 e. The number of aromatic nitrogens is 1. The second-order valence-electron chi connectivity index (χ2n) is 7.78. The molecule has 2 rings (SSSR count). The van der Waals surface area contributed by atoms with Gasteiger partial charge in [0.25, 0.3) is 11.8 Å². The maximum atomic E-state index is 12.5. The van der Waals surface area contributed by atoms with E-state index in [1.54, 1.807) is 38.3 Å². The normalized spacial score (nSPS) is 12.9. The number of benzene rings is 1. The topological polar surface area (TPSA) is 115 Å². The van der Waals surface area contributed by atoms with Gasteiger partial charge in [-0.1, -0.05) is 0 Å². The molecule has 9 heteroatoms. The molecule has 2 atom stereocenters. The molecular weight excluding hydrogens is 436 g/mol. The monoisotopic (exact) mass is 468 g/mol. The van der Waals surface area contributed by atoms with Crippen LogP contribution in [0.3, 0.4) is 0 Å². The minimum atomic E-state index is -0.881. The van der Waals surface area contributed by atoms with E-state index >= 15 is 0 Å². The lowest BCUT2D eigenvalue weighted by molar-refractivity contribution is -0.131. The maximum Gasteiger partial charge on any atom is 0.280 e. The Labute approximate surface area is 200 Å². The van der Waals surface area contributed by atoms with Crippen LogP contribution < -0.4 is 20.3 Å². The lowest BCUT2D eigenvalue weighted by Gasteiger charge is -2.17. The van der Waals surface area contributed by atoms with E-state index in [0.717, 1.165) is 17.0 Å². The van der Waals surface area contributed by atoms with Crippen molar-refractivity contribution in [2.45, 2.75) is 46.8 Å². The molecule has 0 aliphatic heterocycles. The Hall–Kier alpha value is -3.77. The van der Waals surface area contributed by atoms with Crippen LogP contribution in [0.15, 0.2) is 35.9 Å². The number of rotatable bonds is 10. The van der Waals surface area contributed by atoms with Crippen molar-refractivity contribution in [1.29, 1.82) is 5.26 Å². The summed E-state index contributed by atoms with van der Waals surface area (Å²) in [7, 11) is 1.64. The molecule has 182 valence electrons. The number of ether oxygens (including phenoxy) is 3. The quantitative estimate of drug-likeness (QED) is 0.314. The highest BCUT2D eigenvalue weighted by Gasteiger charge is 2.18. The number of nitrogens with zero attached hydrogens (tertiary/aromatic N) is 2. The van der Waals surface area contributed by atoms with Crippen molar-refractivity contribution < 1.29 is 23.8 Å². The van der Waals surface area contributed by atoms with Crippen LogP contribution in [0.25, 0.3) is 6.08 Å². The summed E-state index contributed by atoms with van der Waals surface area (Å²) in [5.74, 6) is -0.109. The van der Waals surface area contributed by atoms with Crippen molar-refractivity contribution in [2.75, 3.05) is 20.3 Å². The van der Waals surface area contributed by atoms with Crippen LogP contribution in [0.2, 0.25) is 0 Å². The van der Waals surface area contributed by atoms with Crippen molar-refractivity contribution >= 4 is 17.9 Å². The van der Waals surface area contributed by atoms with E-state index in [1.165, 1.54) is 6.08 Å². The summed E-state index contributed by atoms with van der Waals surface area (Å²) >= 11 is 0. The number of nitrogens with one attached hydrogen (secondary N) is 2. The summed E-state index contributed by atoms with van der Waals surface area (Å²) in [6.45, 7) is 10.4. The Morgan fingerprint density at radius 1 is 1.15 bits per heavy atom. The number of carbonyl (C=O) groups is 2. The number of aryl methyl sites for hydroxylation is 1. The first-order valence-electron chi connectivity index (χ1n) is 11.0. The number of carbonyl (C=O) groups excluding carboxylic acids is 2. The van der Waals surface area contributed by atoms with E-state index in [9.17, 15) is 14.9 Å². The van der Waals surface area contributed by atoms with Crippen LogP contribution in [0.5, 0.6) is 11.5 Å². The zero-order chi connectivity index (χ0) is 25.3. The average molecular weight is 469 g/mol. The van der Waals surface area contributed by atoms with Crippen LogP contribution in [-0.4, -0.2) is 42.8 Å². The van der Waals surface area contributed by atoms with E-state index < -0.39 is 17.9 Å². The van der Waals surface area contributed by atoms with E-state index in [1.807, 2.05) is 39.8 Å². The minimum absolute atomic E-state index is 0.0997. The third kappa shape index (κ3) is 6.86. The van der Waals surface area contributed by atoms with Gasteiger partial charge in [-0.25, -0.2) is 0 Å². The molecule has 0 fully saturated rings. The molecule has 0 spiro atoms. The molecule has 1 heterocycles. The Bertz CT molecular complexity index is 1070. The third-order valence-electron chi connectivity index (χ3n) is 5.15. The Morgan fingerprint density at radius 3 is 2.38 bits per heavy atom. The number of amides is 2. The second kappa shape index (κ2) is 12.5. The lowest BCUT2D eigenvalue weighted by atomic mass is 10.1. The van der Waals surface area contributed by atoms with E-state index in [4.69, 9.17) is 14.2 Å². The van der Waals surface area contributed by atoms with E-state index in [-0.39, 0.29) is 11.6 Å². The minimum Gasteiger partial charge on any atom is -0.494 e. The van der Waals surface area contributed by atoms with E-state index in [0.29, 0.717) is 24.7 Å². The Balaban J connectivity index is 2.01. The summed E-state index contributed by atoms with van der Waals surface area (Å²) in [6.07, 6.45) is 0.619. The molecule has 2 amide bonds. The summed E-state index contributed by atoms with van der Waals surface area (Å²) in [5, 5.41) is 9.49. The first-order valence-corrected chi connectivity index (χ1v) is 11.0. The van der Waals surface area contributed by atoms with Crippen LogP contribution in [0.1, 0.15) is 43.8 Å². The fourth-order valence-corrected chi connectivity index (χ4v) is 3.57. The molecule has 2 aromatic rings. The molecule has 0 aliphatic carbocycles. The molecule has 0 saturated carbocycles. The molecule has 2 unspecified atom stereocenters. The smallest absolute Gasteiger partial charge is 0.280 e. The molecule has 1 aromatic carbocycles. The van der Waals surface area contributed by atoms with Gasteiger partial charge < -0.3 is 18.8 Å². The van der Waals surface area contributed by atoms with Crippen LogP contribution in [0, 0.1) is 25.2 Å². The van der Waals surface area contributed by atoms with Gasteiger partial charge >= 0.3 is 0 Å². The average Bonchev–Trinajstić information content (AvgIpc) is 3.09. The Morgan fingerprint density at radius 2 is 1.79 bits per heavy atom. The molecule has 9 nitrogen and oxygen atoms in total. The zero-order valence-electron chi connectivity index (χ0n) is 20.5. The molecule has 0 bridgehead atoms. The fraction of sp³-hybridized carbons (Fsp3) is 0.400. The van der Waals surface area contributed by atoms with Crippen molar-refractivity contribution in [3.8, 4) is 17.6 Å². The SMILES string of the molecule is CCOc1ccc(OC(C)C(=O)NNC(=O)/C(C#N)=C\c2cc(C)n(C(C)COC)c2C)cc1. The highest BCUT2D eigenvalue weighted by molar-refractivity contribution is 6.02. The van der Waals surface area contributed by atoms with Crippen molar-refractivity contribution in [2.24, 2.45) is 0 Å². The van der Waals surface area contributed by atoms with Gasteiger partial charge in [-0.2, -0.15) is 5.26 Å². The summed E-state index contributed by atoms with van der Waals surface area (Å²) in [5.41, 5.74) is 7.07. The van der Waals surface area contributed by atoms with E-state index in [2.05, 4.69) is 15.4 Å². The first kappa shape index (κ1) is 26.5. The van der Waals surface area contributed by atoms with Gasteiger partial charge in [0.05, 0.1) is 19.3 Å². The van der Waals surface area contributed by atoms with Crippen molar-refractivity contribution in [3.63, 3.8) is 0 Å². The Kier molecular flexibility index (Phi) is 9.71. The first-order chi connectivity index (χ1) is 16.2. The van der Waals surface area contributed by atoms with Crippen molar-refractivity contribution in [1.82, 2.24) is 15.4 Å². The van der Waals surface area contributed by atoms with Gasteiger partial charge in [0, 0.05) is 18.5 Å². The number of hydrazine groups is 1. The molecule has 0 saturated heterocycles. The van der Waals surface area contributed by atoms with Gasteiger partial charge in [0.1, 0.15) is 23.1 Å². The fourth-order valence-electron chi connectivity index (χ4n) is 3.57. The molecule has 1 aromatic heterocycles. The van der Waals surface area contributed by atoms with Crippen LogP contribution in [0.4, 0.5) is 0 Å². The van der Waals surface area contributed by atoms with Gasteiger partial charge in [0.2, 0.25) is 0 Å². The maximum absolute atomic E-state index is 12.5. The predicted molar refractivity (Wildman–Crippen MR) is 128 cm³/mol. The number of methoxy groups -OCH3 is 1. The van der Waals surface area contributed by atoms with Gasteiger partial charge in [-0.05, 0) is 76.6 Å². The van der Waals surface area contributed by atoms with Crippen LogP contribution in [-0.2, 0) is 14.3 Å². The molecule has 34 heavy (non-hydrogen) atoms. The van der Waals surface area contributed by atoms with Gasteiger partial charge in [0.15, 0.2) is 6.10 Å². The number of hydrogen-bond acceptors (Lipinski definition) is 6.